The second-order valence-electron chi connectivity index (χ2n) is 2.07. The highest BCUT2D eigenvalue weighted by molar-refractivity contribution is 8.10. The molecule has 0 aromatic rings. The van der Waals surface area contributed by atoms with Gasteiger partial charge in [0.1, 0.15) is 6.04 Å². The van der Waals surface area contributed by atoms with E-state index in [1.165, 1.54) is 0 Å². The molecule has 0 bridgehead atoms. The standard InChI is InChI=1S/C5H9NO2S2/c7-4(8)3-1-2-10-5(9)6-3/h3,5-6,9H,1-2H2,(H,7,8). The zero-order chi connectivity index (χ0) is 7.56. The number of hydrogen-bond donors (Lipinski definition) is 3. The highest BCUT2D eigenvalue weighted by Crippen LogP contribution is 2.20. The van der Waals surface area contributed by atoms with E-state index >= 15 is 0 Å². The van der Waals surface area contributed by atoms with Crippen LogP contribution in [0.5, 0.6) is 0 Å². The van der Waals surface area contributed by atoms with Gasteiger partial charge in [0.05, 0.1) is 4.71 Å². The van der Waals surface area contributed by atoms with Crippen LogP contribution in [0.1, 0.15) is 6.42 Å². The Morgan fingerprint density at radius 3 is 2.90 bits per heavy atom. The summed E-state index contributed by atoms with van der Waals surface area (Å²) in [6.45, 7) is 0. The first-order valence-electron chi connectivity index (χ1n) is 2.98. The molecule has 0 aliphatic carbocycles. The van der Waals surface area contributed by atoms with E-state index in [1.54, 1.807) is 11.8 Å². The normalized spacial score (nSPS) is 33.7. The third kappa shape index (κ3) is 2.07. The lowest BCUT2D eigenvalue weighted by Crippen LogP contribution is -2.43. The molecule has 10 heavy (non-hydrogen) atoms. The van der Waals surface area contributed by atoms with Gasteiger partial charge < -0.3 is 5.11 Å². The van der Waals surface area contributed by atoms with E-state index in [4.69, 9.17) is 5.11 Å². The predicted octanol–water partition coefficient (Wildman–Crippen LogP) is 0.379. The summed E-state index contributed by atoms with van der Waals surface area (Å²) >= 11 is 5.73. The molecule has 1 fully saturated rings. The fourth-order valence-corrected chi connectivity index (χ4v) is 2.15. The van der Waals surface area contributed by atoms with Crippen LogP contribution >= 0.6 is 24.4 Å². The second kappa shape index (κ2) is 3.50. The molecule has 1 rings (SSSR count). The van der Waals surface area contributed by atoms with Gasteiger partial charge in [0.2, 0.25) is 0 Å². The van der Waals surface area contributed by atoms with Crippen LogP contribution in [0.2, 0.25) is 0 Å². The highest BCUT2D eigenvalue weighted by Gasteiger charge is 2.23. The van der Waals surface area contributed by atoms with Gasteiger partial charge >= 0.3 is 5.97 Å². The highest BCUT2D eigenvalue weighted by atomic mass is 32.2. The molecule has 0 radical (unpaired) electrons. The number of carboxylic acids is 1. The topological polar surface area (TPSA) is 49.3 Å². The lowest BCUT2D eigenvalue weighted by atomic mass is 10.2. The Morgan fingerprint density at radius 1 is 1.80 bits per heavy atom. The first-order chi connectivity index (χ1) is 4.70. The summed E-state index contributed by atoms with van der Waals surface area (Å²) in [4.78, 5) is 10.4. The molecule has 2 atom stereocenters. The van der Waals surface area contributed by atoms with Crippen molar-refractivity contribution in [2.24, 2.45) is 0 Å². The third-order valence-corrected chi connectivity index (χ3v) is 2.84. The van der Waals surface area contributed by atoms with E-state index in [2.05, 4.69) is 17.9 Å². The number of hydrogen-bond acceptors (Lipinski definition) is 4. The predicted molar refractivity (Wildman–Crippen MR) is 44.4 cm³/mol. The lowest BCUT2D eigenvalue weighted by molar-refractivity contribution is -0.139. The largest absolute Gasteiger partial charge is 0.480 e. The number of carbonyl (C=O) groups is 1. The third-order valence-electron chi connectivity index (χ3n) is 1.32. The minimum atomic E-state index is -0.778. The molecule has 1 heterocycles. The smallest absolute Gasteiger partial charge is 0.320 e. The lowest BCUT2D eigenvalue weighted by Gasteiger charge is -2.24. The number of rotatable bonds is 1. The molecule has 0 spiro atoms. The van der Waals surface area contributed by atoms with Crippen molar-refractivity contribution in [2.45, 2.75) is 17.2 Å². The van der Waals surface area contributed by atoms with Crippen LogP contribution in [0.3, 0.4) is 0 Å². The van der Waals surface area contributed by atoms with E-state index in [-0.39, 0.29) is 4.71 Å². The van der Waals surface area contributed by atoms with Gasteiger partial charge in [0, 0.05) is 0 Å². The van der Waals surface area contributed by atoms with E-state index in [0.29, 0.717) is 6.42 Å². The van der Waals surface area contributed by atoms with Crippen molar-refractivity contribution in [3.05, 3.63) is 0 Å². The number of thioether (sulfide) groups is 1. The Hall–Kier alpha value is 0.130. The fraction of sp³-hybridized carbons (Fsp3) is 0.800. The number of carboxylic acid groups (broad SMARTS) is 1. The molecule has 0 aromatic carbocycles. The fourth-order valence-electron chi connectivity index (χ4n) is 0.796. The van der Waals surface area contributed by atoms with Gasteiger partial charge in [0.15, 0.2) is 0 Å². The van der Waals surface area contributed by atoms with Crippen LogP contribution in [0.4, 0.5) is 0 Å². The van der Waals surface area contributed by atoms with Crippen molar-refractivity contribution in [2.75, 3.05) is 5.75 Å². The quantitative estimate of drug-likeness (QED) is 0.509. The van der Waals surface area contributed by atoms with E-state index in [9.17, 15) is 4.79 Å². The molecule has 1 aliphatic heterocycles. The van der Waals surface area contributed by atoms with Crippen molar-refractivity contribution in [1.82, 2.24) is 5.32 Å². The van der Waals surface area contributed by atoms with Gasteiger partial charge in [0.25, 0.3) is 0 Å². The number of nitrogens with one attached hydrogen (secondary N) is 1. The molecule has 0 aromatic heterocycles. The van der Waals surface area contributed by atoms with Gasteiger partial charge in [-0.05, 0) is 12.2 Å². The zero-order valence-electron chi connectivity index (χ0n) is 5.28. The summed E-state index contributed by atoms with van der Waals surface area (Å²) in [6.07, 6.45) is 0.692. The van der Waals surface area contributed by atoms with Gasteiger partial charge in [-0.2, -0.15) is 0 Å². The maximum Gasteiger partial charge on any atom is 0.320 e. The van der Waals surface area contributed by atoms with Crippen LogP contribution in [0, 0.1) is 0 Å². The summed E-state index contributed by atoms with van der Waals surface area (Å²) in [6, 6.07) is -0.399. The Labute approximate surface area is 69.0 Å². The van der Waals surface area contributed by atoms with Crippen molar-refractivity contribution in [3.63, 3.8) is 0 Å². The molecule has 1 saturated heterocycles. The van der Waals surface area contributed by atoms with E-state index in [1.807, 2.05) is 0 Å². The van der Waals surface area contributed by atoms with Crippen molar-refractivity contribution in [3.8, 4) is 0 Å². The van der Waals surface area contributed by atoms with Crippen LogP contribution in [-0.2, 0) is 4.79 Å². The van der Waals surface area contributed by atoms with E-state index < -0.39 is 12.0 Å². The van der Waals surface area contributed by atoms with Gasteiger partial charge in [-0.15, -0.1) is 24.4 Å². The zero-order valence-corrected chi connectivity index (χ0v) is 6.99. The van der Waals surface area contributed by atoms with Gasteiger partial charge in [-0.3, -0.25) is 10.1 Å². The first-order valence-corrected chi connectivity index (χ1v) is 4.55. The average Bonchev–Trinajstić information content (AvgIpc) is 1.88. The average molecular weight is 179 g/mol. The molecule has 3 nitrogen and oxygen atoms in total. The molecule has 2 N–H and O–H groups in total. The van der Waals surface area contributed by atoms with Crippen molar-refractivity contribution in [1.29, 1.82) is 0 Å². The Kier molecular flexibility index (Phi) is 2.88. The van der Waals surface area contributed by atoms with E-state index in [0.717, 1.165) is 5.75 Å². The monoisotopic (exact) mass is 179 g/mol. The molecule has 2 unspecified atom stereocenters. The molecule has 1 aliphatic rings. The van der Waals surface area contributed by atoms with Crippen LogP contribution in [0.15, 0.2) is 0 Å². The minimum Gasteiger partial charge on any atom is -0.480 e. The molecular formula is C5H9NO2S2. The molecular weight excluding hydrogens is 170 g/mol. The van der Waals surface area contributed by atoms with Crippen molar-refractivity contribution < 1.29 is 9.90 Å². The molecule has 0 amide bonds. The van der Waals surface area contributed by atoms with Gasteiger partial charge in [-0.1, -0.05) is 0 Å². The SMILES string of the molecule is O=C(O)C1CCSC(S)N1. The first kappa shape index (κ1) is 8.23. The van der Waals surface area contributed by atoms with Crippen LogP contribution < -0.4 is 5.32 Å². The summed E-state index contributed by atoms with van der Waals surface area (Å²) < 4.78 is -0.0187. The molecule has 58 valence electrons. The summed E-state index contributed by atoms with van der Waals surface area (Å²) in [5.41, 5.74) is 0. The second-order valence-corrected chi connectivity index (χ2v) is 4.15. The molecule has 0 saturated carbocycles. The summed E-state index contributed by atoms with van der Waals surface area (Å²) in [5.74, 6) is 0.0948. The maximum atomic E-state index is 10.4. The van der Waals surface area contributed by atoms with Crippen molar-refractivity contribution >= 4 is 30.4 Å². The van der Waals surface area contributed by atoms with Crippen LogP contribution in [0.25, 0.3) is 0 Å². The molecule has 5 heteroatoms. The van der Waals surface area contributed by atoms with Crippen LogP contribution in [-0.4, -0.2) is 27.6 Å². The Balaban J connectivity index is 2.39. The van der Waals surface area contributed by atoms with Gasteiger partial charge in [-0.25, -0.2) is 0 Å². The summed E-state index contributed by atoms with van der Waals surface area (Å²) in [5, 5.41) is 11.4. The Morgan fingerprint density at radius 2 is 2.50 bits per heavy atom. The maximum absolute atomic E-state index is 10.4. The number of thiol groups is 1. The number of aliphatic carboxylic acids is 1. The summed E-state index contributed by atoms with van der Waals surface area (Å²) in [7, 11) is 0. The minimum absolute atomic E-state index is 0.0187. The Bertz CT molecular complexity index is 142.